The highest BCUT2D eigenvalue weighted by Crippen LogP contribution is 2.63. The summed E-state index contributed by atoms with van der Waals surface area (Å²) in [7, 11) is 0. The lowest BCUT2D eigenvalue weighted by molar-refractivity contribution is -0.127. The number of benzene rings is 2. The Bertz CT molecular complexity index is 1570. The molecule has 4 aliphatic rings. The normalized spacial score (nSPS) is 25.1. The maximum atomic E-state index is 14.1. The van der Waals surface area contributed by atoms with E-state index in [0.29, 0.717) is 11.6 Å². The molecule has 0 radical (unpaired) electrons. The number of aromatic nitrogens is 2. The first-order chi connectivity index (χ1) is 19.5. The minimum Gasteiger partial charge on any atom is -0.354 e. The Morgan fingerprint density at radius 3 is 2.35 bits per heavy atom. The zero-order valence-electron chi connectivity index (χ0n) is 22.4. The van der Waals surface area contributed by atoms with Crippen molar-refractivity contribution in [1.82, 2.24) is 14.9 Å². The fourth-order valence-corrected chi connectivity index (χ4v) is 7.77. The van der Waals surface area contributed by atoms with E-state index >= 15 is 0 Å². The highest BCUT2D eigenvalue weighted by Gasteiger charge is 2.61. The molecule has 3 aliphatic carbocycles. The van der Waals surface area contributed by atoms with Crippen LogP contribution in [0.2, 0.25) is 0 Å². The molecule has 8 rings (SSSR count). The highest BCUT2D eigenvalue weighted by molar-refractivity contribution is 7.13. The van der Waals surface area contributed by atoms with Crippen molar-refractivity contribution in [2.75, 3.05) is 36.4 Å². The molecular formula is C32H30N6OS. The fourth-order valence-electron chi connectivity index (χ4n) is 7.07. The van der Waals surface area contributed by atoms with E-state index in [0.717, 1.165) is 66.5 Å². The predicted octanol–water partition coefficient (Wildman–Crippen LogP) is 5.16. The van der Waals surface area contributed by atoms with Crippen molar-refractivity contribution in [3.05, 3.63) is 106 Å². The molecule has 1 unspecified atom stereocenters. The van der Waals surface area contributed by atoms with Crippen LogP contribution in [0.3, 0.4) is 0 Å². The third-order valence-corrected chi connectivity index (χ3v) is 9.75. The minimum absolute atomic E-state index is 0.0778. The molecule has 2 aromatic heterocycles. The van der Waals surface area contributed by atoms with Gasteiger partial charge in [-0.2, -0.15) is 5.26 Å². The van der Waals surface area contributed by atoms with Crippen LogP contribution in [0.1, 0.15) is 47.2 Å². The molecule has 2 aromatic carbocycles. The van der Waals surface area contributed by atoms with Gasteiger partial charge >= 0.3 is 0 Å². The molecule has 1 saturated heterocycles. The van der Waals surface area contributed by atoms with Gasteiger partial charge in [-0.15, -0.1) is 11.3 Å². The van der Waals surface area contributed by atoms with E-state index in [4.69, 9.17) is 4.98 Å². The molecule has 1 amide bonds. The first-order valence-corrected chi connectivity index (χ1v) is 14.6. The lowest BCUT2D eigenvalue weighted by Gasteiger charge is -2.54. The Morgan fingerprint density at radius 1 is 1.02 bits per heavy atom. The molecular weight excluding hydrogens is 516 g/mol. The quantitative estimate of drug-likeness (QED) is 0.372. The second-order valence-corrected chi connectivity index (χ2v) is 12.1. The number of rotatable bonds is 5. The molecule has 7 nitrogen and oxygen atoms in total. The number of hydrogen-bond acceptors (Lipinski definition) is 7. The molecule has 1 aliphatic heterocycles. The van der Waals surface area contributed by atoms with Crippen LogP contribution in [0, 0.1) is 16.7 Å². The van der Waals surface area contributed by atoms with Crippen molar-refractivity contribution in [2.45, 2.75) is 31.2 Å². The molecule has 0 saturated carbocycles. The lowest BCUT2D eigenvalue weighted by atomic mass is 9.47. The number of anilines is 2. The summed E-state index contributed by atoms with van der Waals surface area (Å²) in [5.74, 6) is 0.824. The van der Waals surface area contributed by atoms with E-state index in [9.17, 15) is 10.1 Å². The number of carbonyl (C=O) groups excluding carboxylic acids is 1. The maximum absolute atomic E-state index is 14.1. The van der Waals surface area contributed by atoms with Crippen LogP contribution in [0.4, 0.5) is 10.9 Å². The Balaban J connectivity index is 1.09. The number of nitrogens with one attached hydrogen (secondary N) is 1. The molecule has 200 valence electrons. The van der Waals surface area contributed by atoms with Crippen LogP contribution < -0.4 is 10.2 Å². The second kappa shape index (κ2) is 9.54. The number of amides is 1. The predicted molar refractivity (Wildman–Crippen MR) is 156 cm³/mol. The van der Waals surface area contributed by atoms with Gasteiger partial charge in [0.15, 0.2) is 5.13 Å². The van der Waals surface area contributed by atoms with Crippen molar-refractivity contribution < 1.29 is 4.79 Å². The first kappa shape index (κ1) is 24.9. The largest absolute Gasteiger partial charge is 0.354 e. The number of piperazine rings is 1. The molecule has 8 heteroatoms. The number of hydrogen-bond donors (Lipinski definition) is 1. The third-order valence-electron chi connectivity index (χ3n) is 8.95. The summed E-state index contributed by atoms with van der Waals surface area (Å²) >= 11 is 1.47. The van der Waals surface area contributed by atoms with E-state index in [1.54, 1.807) is 0 Å². The van der Waals surface area contributed by atoms with Gasteiger partial charge in [-0.05, 0) is 47.7 Å². The van der Waals surface area contributed by atoms with E-state index in [1.165, 1.54) is 11.3 Å². The highest BCUT2D eigenvalue weighted by atomic mass is 32.1. The van der Waals surface area contributed by atoms with Gasteiger partial charge in [0.1, 0.15) is 11.2 Å². The van der Waals surface area contributed by atoms with Gasteiger partial charge in [-0.25, -0.2) is 9.97 Å². The third kappa shape index (κ3) is 3.84. The van der Waals surface area contributed by atoms with Crippen molar-refractivity contribution in [2.24, 2.45) is 5.41 Å². The van der Waals surface area contributed by atoms with E-state index in [-0.39, 0.29) is 11.8 Å². The Kier molecular flexibility index (Phi) is 5.95. The smallest absolute Gasteiger partial charge is 0.233 e. The van der Waals surface area contributed by atoms with Gasteiger partial charge in [0, 0.05) is 50.2 Å². The number of pyridine rings is 1. The molecule has 4 aromatic rings. The molecule has 1 atom stereocenters. The van der Waals surface area contributed by atoms with Crippen molar-refractivity contribution in [1.29, 1.82) is 5.26 Å². The molecule has 1 N–H and O–H groups in total. The molecule has 40 heavy (non-hydrogen) atoms. The van der Waals surface area contributed by atoms with Gasteiger partial charge < -0.3 is 10.2 Å². The zero-order valence-corrected chi connectivity index (χ0v) is 23.2. The SMILES string of the molecule is CC1(C(=O)Nc2nc(CN3CCN(c4ccccn4)CC3)cs2)CC2(C#N)c3ccccc3C1c1ccccc12. The number of nitrogens with zero attached hydrogens (tertiary/aromatic N) is 5. The number of nitriles is 1. The minimum atomic E-state index is -0.848. The van der Waals surface area contributed by atoms with Gasteiger partial charge in [-0.3, -0.25) is 9.69 Å². The summed E-state index contributed by atoms with van der Waals surface area (Å²) in [6, 6.07) is 25.0. The van der Waals surface area contributed by atoms with E-state index in [1.807, 2.05) is 54.9 Å². The number of carbonyl (C=O) groups is 1. The monoisotopic (exact) mass is 546 g/mol. The molecule has 3 heterocycles. The van der Waals surface area contributed by atoms with Crippen LogP contribution in [-0.2, 0) is 16.8 Å². The van der Waals surface area contributed by atoms with Crippen LogP contribution in [0.25, 0.3) is 0 Å². The summed E-state index contributed by atoms with van der Waals surface area (Å²) in [5, 5.41) is 16.4. The van der Waals surface area contributed by atoms with E-state index < -0.39 is 10.8 Å². The summed E-state index contributed by atoms with van der Waals surface area (Å²) in [6.45, 7) is 6.48. The fraction of sp³-hybridized carbons (Fsp3) is 0.312. The standard InChI is InChI=1S/C32H30N6OS/c1-31(20-32(21-33)25-10-4-2-8-23(25)28(31)24-9-3-5-11-26(24)32)29(39)36-30-35-22(19-40-30)18-37-14-16-38(17-15-37)27-12-6-7-13-34-27/h2-13,19,28H,14-18,20H2,1H3,(H,35,36,39). The summed E-state index contributed by atoms with van der Waals surface area (Å²) in [5.41, 5.74) is 3.56. The Labute approximate surface area is 238 Å². The summed E-state index contributed by atoms with van der Waals surface area (Å²) in [4.78, 5) is 28.0. The van der Waals surface area contributed by atoms with Crippen molar-refractivity contribution in [3.63, 3.8) is 0 Å². The van der Waals surface area contributed by atoms with Gasteiger partial charge in [0.2, 0.25) is 5.91 Å². The topological polar surface area (TPSA) is 85.2 Å². The van der Waals surface area contributed by atoms with Gasteiger partial charge in [0.25, 0.3) is 0 Å². The maximum Gasteiger partial charge on any atom is 0.233 e. The van der Waals surface area contributed by atoms with Crippen molar-refractivity contribution >= 4 is 28.2 Å². The summed E-state index contributed by atoms with van der Waals surface area (Å²) < 4.78 is 0. The average Bonchev–Trinajstić information content (AvgIpc) is 3.44. The zero-order chi connectivity index (χ0) is 27.3. The van der Waals surface area contributed by atoms with Gasteiger partial charge in [-0.1, -0.05) is 54.6 Å². The molecule has 0 spiro atoms. The second-order valence-electron chi connectivity index (χ2n) is 11.3. The van der Waals surface area contributed by atoms with Crippen LogP contribution in [-0.4, -0.2) is 47.0 Å². The van der Waals surface area contributed by atoms with Crippen LogP contribution >= 0.6 is 11.3 Å². The Morgan fingerprint density at radius 2 is 1.70 bits per heavy atom. The van der Waals surface area contributed by atoms with E-state index in [2.05, 4.69) is 56.5 Å². The van der Waals surface area contributed by atoms with Gasteiger partial charge in [0.05, 0.1) is 17.2 Å². The number of thiazole rings is 1. The van der Waals surface area contributed by atoms with Crippen LogP contribution in [0.15, 0.2) is 78.3 Å². The number of fused-ring (bicyclic) bond motifs is 1. The lowest BCUT2D eigenvalue weighted by Crippen LogP contribution is -2.53. The first-order valence-electron chi connectivity index (χ1n) is 13.8. The van der Waals surface area contributed by atoms with Crippen LogP contribution in [0.5, 0.6) is 0 Å². The molecule has 2 bridgehead atoms. The summed E-state index contributed by atoms with van der Waals surface area (Å²) in [6.07, 6.45) is 2.28. The molecule has 1 fully saturated rings. The van der Waals surface area contributed by atoms with Crippen molar-refractivity contribution in [3.8, 4) is 6.07 Å². The Hall–Kier alpha value is -4.06. The average molecular weight is 547 g/mol.